The minimum Gasteiger partial charge on any atom is -0.395 e. The molecular formula is C8H12N4O. The number of amides is 1. The minimum atomic E-state index is -0.570. The zero-order valence-corrected chi connectivity index (χ0v) is 7.21. The highest BCUT2D eigenvalue weighted by Gasteiger charge is 2.26. The summed E-state index contributed by atoms with van der Waals surface area (Å²) in [5.41, 5.74) is 12.3. The maximum atomic E-state index is 10.8. The molecule has 1 amide bonds. The summed E-state index contributed by atoms with van der Waals surface area (Å²) in [5, 5.41) is 6.58. The molecule has 1 aliphatic carbocycles. The van der Waals surface area contributed by atoms with Crippen LogP contribution in [0.25, 0.3) is 0 Å². The quantitative estimate of drug-likeness (QED) is 0.612. The van der Waals surface area contributed by atoms with Crippen molar-refractivity contribution in [3.63, 3.8) is 0 Å². The molecule has 1 heterocycles. The highest BCUT2D eigenvalue weighted by molar-refractivity contribution is 5.96. The SMILES string of the molecule is NC(=O)c1n[nH]c(C2CCC2)c1N. The lowest BCUT2D eigenvalue weighted by molar-refractivity contribution is 0.0996. The van der Waals surface area contributed by atoms with E-state index in [1.165, 1.54) is 6.42 Å². The van der Waals surface area contributed by atoms with E-state index in [4.69, 9.17) is 11.5 Å². The predicted molar refractivity (Wildman–Crippen MR) is 48.1 cm³/mol. The van der Waals surface area contributed by atoms with Gasteiger partial charge in [-0.05, 0) is 12.8 Å². The number of hydrogen-bond acceptors (Lipinski definition) is 3. The van der Waals surface area contributed by atoms with Gasteiger partial charge in [0.05, 0.1) is 11.4 Å². The summed E-state index contributed by atoms with van der Waals surface area (Å²) >= 11 is 0. The molecule has 1 saturated carbocycles. The van der Waals surface area contributed by atoms with Gasteiger partial charge in [0.25, 0.3) is 5.91 Å². The predicted octanol–water partition coefficient (Wildman–Crippen LogP) is 0.358. The van der Waals surface area contributed by atoms with Gasteiger partial charge in [0.15, 0.2) is 5.69 Å². The molecule has 2 rings (SSSR count). The van der Waals surface area contributed by atoms with Crippen LogP contribution in [0.15, 0.2) is 0 Å². The topological polar surface area (TPSA) is 97.8 Å². The number of primary amides is 1. The molecule has 1 aliphatic rings. The number of nitrogens with two attached hydrogens (primary N) is 2. The Kier molecular flexibility index (Phi) is 1.72. The molecule has 0 aliphatic heterocycles. The van der Waals surface area contributed by atoms with Crippen LogP contribution in [-0.2, 0) is 0 Å². The van der Waals surface area contributed by atoms with E-state index in [0.717, 1.165) is 18.5 Å². The summed E-state index contributed by atoms with van der Waals surface area (Å²) in [6.07, 6.45) is 3.45. The number of H-pyrrole nitrogens is 1. The Labute approximate surface area is 75.5 Å². The lowest BCUT2D eigenvalue weighted by atomic mass is 9.82. The van der Waals surface area contributed by atoms with Gasteiger partial charge in [0.1, 0.15) is 0 Å². The normalized spacial score (nSPS) is 16.9. The summed E-state index contributed by atoms with van der Waals surface area (Å²) in [6.45, 7) is 0. The number of carbonyl (C=O) groups is 1. The number of rotatable bonds is 2. The number of nitrogens with one attached hydrogen (secondary N) is 1. The van der Waals surface area contributed by atoms with Gasteiger partial charge >= 0.3 is 0 Å². The first kappa shape index (κ1) is 8.10. The lowest BCUT2D eigenvalue weighted by Crippen LogP contribution is -2.15. The molecule has 5 nitrogen and oxygen atoms in total. The van der Waals surface area contributed by atoms with Crippen LogP contribution in [0.2, 0.25) is 0 Å². The van der Waals surface area contributed by atoms with Crippen molar-refractivity contribution in [2.24, 2.45) is 5.73 Å². The summed E-state index contributed by atoms with van der Waals surface area (Å²) in [7, 11) is 0. The second-order valence-electron chi connectivity index (χ2n) is 3.39. The van der Waals surface area contributed by atoms with E-state index in [-0.39, 0.29) is 5.69 Å². The van der Waals surface area contributed by atoms with Gasteiger partial charge in [-0.2, -0.15) is 5.10 Å². The molecule has 5 heteroatoms. The van der Waals surface area contributed by atoms with Crippen LogP contribution in [0.5, 0.6) is 0 Å². The van der Waals surface area contributed by atoms with Crippen LogP contribution in [0.4, 0.5) is 5.69 Å². The van der Waals surface area contributed by atoms with Gasteiger partial charge < -0.3 is 11.5 Å². The Morgan fingerprint density at radius 2 is 2.23 bits per heavy atom. The van der Waals surface area contributed by atoms with Crippen molar-refractivity contribution in [1.82, 2.24) is 10.2 Å². The number of nitrogens with zero attached hydrogens (tertiary/aromatic N) is 1. The zero-order chi connectivity index (χ0) is 9.42. The standard InChI is InChI=1S/C8H12N4O/c9-5-6(4-2-1-3-4)11-12-7(5)8(10)13/h4H,1-3,9H2,(H2,10,13)(H,11,12). The van der Waals surface area contributed by atoms with Crippen LogP contribution in [0, 0.1) is 0 Å². The maximum absolute atomic E-state index is 10.8. The molecule has 13 heavy (non-hydrogen) atoms. The number of aromatic amines is 1. The van der Waals surface area contributed by atoms with Gasteiger partial charge in [0.2, 0.25) is 0 Å². The maximum Gasteiger partial charge on any atom is 0.271 e. The molecule has 0 atom stereocenters. The second-order valence-corrected chi connectivity index (χ2v) is 3.39. The first-order valence-electron chi connectivity index (χ1n) is 4.33. The first-order chi connectivity index (χ1) is 6.20. The Morgan fingerprint density at radius 1 is 1.54 bits per heavy atom. The molecule has 0 saturated heterocycles. The Hall–Kier alpha value is -1.52. The van der Waals surface area contributed by atoms with E-state index >= 15 is 0 Å². The summed E-state index contributed by atoms with van der Waals surface area (Å²) in [4.78, 5) is 10.8. The monoisotopic (exact) mass is 180 g/mol. The lowest BCUT2D eigenvalue weighted by Gasteiger charge is -2.24. The number of nitrogen functional groups attached to an aromatic ring is 1. The molecule has 0 radical (unpaired) electrons. The first-order valence-corrected chi connectivity index (χ1v) is 4.33. The van der Waals surface area contributed by atoms with Crippen LogP contribution in [-0.4, -0.2) is 16.1 Å². The van der Waals surface area contributed by atoms with Gasteiger partial charge in [-0.15, -0.1) is 0 Å². The molecule has 0 spiro atoms. The summed E-state index contributed by atoms with van der Waals surface area (Å²) < 4.78 is 0. The van der Waals surface area contributed by atoms with Gasteiger partial charge in [-0.25, -0.2) is 0 Å². The number of anilines is 1. The van der Waals surface area contributed by atoms with Crippen molar-refractivity contribution in [1.29, 1.82) is 0 Å². The largest absolute Gasteiger partial charge is 0.395 e. The molecule has 70 valence electrons. The molecule has 0 aromatic carbocycles. The van der Waals surface area contributed by atoms with E-state index in [9.17, 15) is 4.79 Å². The van der Waals surface area contributed by atoms with Crippen molar-refractivity contribution in [2.75, 3.05) is 5.73 Å². The van der Waals surface area contributed by atoms with Gasteiger partial charge in [0, 0.05) is 5.92 Å². The average molecular weight is 180 g/mol. The van der Waals surface area contributed by atoms with E-state index < -0.39 is 5.91 Å². The Balaban J connectivity index is 2.32. The van der Waals surface area contributed by atoms with Crippen LogP contribution < -0.4 is 11.5 Å². The van der Waals surface area contributed by atoms with Crippen molar-refractivity contribution in [3.05, 3.63) is 11.4 Å². The van der Waals surface area contributed by atoms with E-state index in [1.807, 2.05) is 0 Å². The third kappa shape index (κ3) is 1.16. The van der Waals surface area contributed by atoms with E-state index in [0.29, 0.717) is 11.6 Å². The fraction of sp³-hybridized carbons (Fsp3) is 0.500. The van der Waals surface area contributed by atoms with Crippen molar-refractivity contribution in [2.45, 2.75) is 25.2 Å². The minimum absolute atomic E-state index is 0.168. The molecule has 0 bridgehead atoms. The molecule has 5 N–H and O–H groups in total. The summed E-state index contributed by atoms with van der Waals surface area (Å²) in [5.74, 6) is -0.125. The van der Waals surface area contributed by atoms with Crippen LogP contribution >= 0.6 is 0 Å². The van der Waals surface area contributed by atoms with Crippen molar-refractivity contribution >= 4 is 11.6 Å². The zero-order valence-electron chi connectivity index (χ0n) is 7.21. The van der Waals surface area contributed by atoms with Gasteiger partial charge in [-0.3, -0.25) is 9.89 Å². The number of carbonyl (C=O) groups excluding carboxylic acids is 1. The molecule has 1 fully saturated rings. The van der Waals surface area contributed by atoms with Crippen molar-refractivity contribution < 1.29 is 4.79 Å². The third-order valence-corrected chi connectivity index (χ3v) is 2.58. The number of aromatic nitrogens is 2. The molecule has 1 aromatic rings. The Morgan fingerprint density at radius 3 is 2.62 bits per heavy atom. The van der Waals surface area contributed by atoms with Gasteiger partial charge in [-0.1, -0.05) is 6.42 Å². The van der Waals surface area contributed by atoms with E-state index in [2.05, 4.69) is 10.2 Å². The summed E-state index contributed by atoms with van der Waals surface area (Å²) in [6, 6.07) is 0. The van der Waals surface area contributed by atoms with E-state index in [1.54, 1.807) is 0 Å². The second kappa shape index (κ2) is 2.76. The third-order valence-electron chi connectivity index (χ3n) is 2.58. The fourth-order valence-corrected chi connectivity index (χ4v) is 1.56. The fourth-order valence-electron chi connectivity index (χ4n) is 1.56. The highest BCUT2D eigenvalue weighted by atomic mass is 16.1. The van der Waals surface area contributed by atoms with Crippen LogP contribution in [0.1, 0.15) is 41.4 Å². The molecule has 0 unspecified atom stereocenters. The average Bonchev–Trinajstić information content (AvgIpc) is 2.29. The smallest absolute Gasteiger partial charge is 0.271 e. The van der Waals surface area contributed by atoms with Crippen LogP contribution in [0.3, 0.4) is 0 Å². The number of hydrogen-bond donors (Lipinski definition) is 3. The molecular weight excluding hydrogens is 168 g/mol. The molecule has 1 aromatic heterocycles. The van der Waals surface area contributed by atoms with Crippen molar-refractivity contribution in [3.8, 4) is 0 Å². The highest BCUT2D eigenvalue weighted by Crippen LogP contribution is 2.38. The Bertz CT molecular complexity index is 340.